The van der Waals surface area contributed by atoms with Crippen LogP contribution in [0.5, 0.6) is 0 Å². The van der Waals surface area contributed by atoms with Crippen LogP contribution in [0.3, 0.4) is 0 Å². The number of nitrogens with one attached hydrogen (secondary N) is 3. The first-order valence-electron chi connectivity index (χ1n) is 6.64. The summed E-state index contributed by atoms with van der Waals surface area (Å²) in [6, 6.07) is 7.49. The number of benzene rings is 1. The van der Waals surface area contributed by atoms with Crippen LogP contribution in [0.2, 0.25) is 0 Å². The Labute approximate surface area is 126 Å². The minimum Gasteiger partial charge on any atom is -0.326 e. The number of amides is 1. The van der Waals surface area contributed by atoms with Crippen molar-refractivity contribution in [1.82, 2.24) is 10.0 Å². The van der Waals surface area contributed by atoms with E-state index in [1.165, 1.54) is 6.92 Å². The third-order valence-corrected chi connectivity index (χ3v) is 3.60. The third kappa shape index (κ3) is 7.22. The van der Waals surface area contributed by atoms with Crippen LogP contribution >= 0.6 is 0 Å². The maximum atomic E-state index is 11.3. The fourth-order valence-electron chi connectivity index (χ4n) is 2.03. The number of hydrogen-bond acceptors (Lipinski definition) is 4. The van der Waals surface area contributed by atoms with Crippen LogP contribution in [0.4, 0.5) is 5.69 Å². The molecule has 0 fully saturated rings. The fourth-order valence-corrected chi connectivity index (χ4v) is 3.11. The molecule has 21 heavy (non-hydrogen) atoms. The Hall–Kier alpha value is -1.44. The normalized spacial score (nSPS) is 12.2. The van der Waals surface area contributed by atoms with Crippen LogP contribution < -0.4 is 15.4 Å². The van der Waals surface area contributed by atoms with E-state index in [9.17, 15) is 13.2 Å². The SMILES string of the molecule is CC(=O)Nc1ccccc1CNCC(C)(C)NS(C)(=O)=O. The number of hydrogen-bond donors (Lipinski definition) is 3. The zero-order valence-corrected chi connectivity index (χ0v) is 13.7. The maximum absolute atomic E-state index is 11.3. The standard InChI is InChI=1S/C14H23N3O3S/c1-11(18)16-13-8-6-5-7-12(13)9-15-10-14(2,3)17-21(4,19)20/h5-8,15,17H,9-10H2,1-4H3,(H,16,18). The van der Waals surface area contributed by atoms with Gasteiger partial charge in [-0.1, -0.05) is 18.2 Å². The van der Waals surface area contributed by atoms with Crippen LogP contribution in [-0.4, -0.2) is 32.7 Å². The lowest BCUT2D eigenvalue weighted by atomic mass is 10.1. The molecule has 1 aromatic rings. The van der Waals surface area contributed by atoms with Gasteiger partial charge in [0.25, 0.3) is 0 Å². The molecule has 0 spiro atoms. The van der Waals surface area contributed by atoms with Gasteiger partial charge in [0, 0.05) is 31.2 Å². The van der Waals surface area contributed by atoms with Crippen molar-refractivity contribution in [2.24, 2.45) is 0 Å². The van der Waals surface area contributed by atoms with E-state index in [-0.39, 0.29) is 5.91 Å². The zero-order valence-electron chi connectivity index (χ0n) is 12.9. The molecule has 1 aromatic carbocycles. The number of sulfonamides is 1. The summed E-state index contributed by atoms with van der Waals surface area (Å²) in [5, 5.41) is 5.97. The van der Waals surface area contributed by atoms with Gasteiger partial charge in [-0.3, -0.25) is 4.79 Å². The Balaban J connectivity index is 2.62. The van der Waals surface area contributed by atoms with E-state index in [4.69, 9.17) is 0 Å². The number of carbonyl (C=O) groups is 1. The van der Waals surface area contributed by atoms with Gasteiger partial charge in [0.2, 0.25) is 15.9 Å². The molecule has 3 N–H and O–H groups in total. The Morgan fingerprint density at radius 2 is 1.86 bits per heavy atom. The van der Waals surface area contributed by atoms with Gasteiger partial charge in [0.1, 0.15) is 0 Å². The smallest absolute Gasteiger partial charge is 0.221 e. The summed E-state index contributed by atoms with van der Waals surface area (Å²) >= 11 is 0. The molecule has 7 heteroatoms. The van der Waals surface area contributed by atoms with Gasteiger partial charge in [-0.25, -0.2) is 13.1 Å². The average molecular weight is 313 g/mol. The van der Waals surface area contributed by atoms with Gasteiger partial charge < -0.3 is 10.6 Å². The van der Waals surface area contributed by atoms with Crippen molar-refractivity contribution in [3.05, 3.63) is 29.8 Å². The Kier molecular flexibility index (Phi) is 5.88. The first-order chi connectivity index (χ1) is 9.59. The molecule has 0 heterocycles. The number of carbonyl (C=O) groups excluding carboxylic acids is 1. The quantitative estimate of drug-likeness (QED) is 0.702. The van der Waals surface area contributed by atoms with E-state index in [0.717, 1.165) is 17.5 Å². The molecule has 0 radical (unpaired) electrons. The van der Waals surface area contributed by atoms with E-state index in [0.29, 0.717) is 13.1 Å². The number of para-hydroxylation sites is 1. The van der Waals surface area contributed by atoms with E-state index < -0.39 is 15.6 Å². The first kappa shape index (κ1) is 17.6. The Morgan fingerprint density at radius 3 is 2.43 bits per heavy atom. The van der Waals surface area contributed by atoms with E-state index in [1.807, 2.05) is 24.3 Å². The number of rotatable bonds is 7. The topological polar surface area (TPSA) is 87.3 Å². The number of anilines is 1. The fraction of sp³-hybridized carbons (Fsp3) is 0.500. The average Bonchev–Trinajstić information content (AvgIpc) is 2.27. The van der Waals surface area contributed by atoms with E-state index in [1.54, 1.807) is 13.8 Å². The molecule has 1 amide bonds. The molecule has 0 aliphatic carbocycles. The molecule has 0 aliphatic heterocycles. The summed E-state index contributed by atoms with van der Waals surface area (Å²) < 4.78 is 25.1. The van der Waals surface area contributed by atoms with Gasteiger partial charge in [0.05, 0.1) is 6.26 Å². The van der Waals surface area contributed by atoms with Gasteiger partial charge >= 0.3 is 0 Å². The molecule has 1 rings (SSSR count). The second kappa shape index (κ2) is 7.02. The zero-order chi connectivity index (χ0) is 16.1. The predicted molar refractivity (Wildman–Crippen MR) is 84.5 cm³/mol. The second-order valence-corrected chi connectivity index (χ2v) is 7.45. The molecular weight excluding hydrogens is 290 g/mol. The lowest BCUT2D eigenvalue weighted by Gasteiger charge is -2.25. The summed E-state index contributed by atoms with van der Waals surface area (Å²) in [7, 11) is -3.25. The largest absolute Gasteiger partial charge is 0.326 e. The monoisotopic (exact) mass is 313 g/mol. The minimum absolute atomic E-state index is 0.124. The molecule has 0 unspecified atom stereocenters. The van der Waals surface area contributed by atoms with Crippen molar-refractivity contribution in [1.29, 1.82) is 0 Å². The predicted octanol–water partition coefficient (Wildman–Crippen LogP) is 1.06. The van der Waals surface area contributed by atoms with Gasteiger partial charge in [-0.2, -0.15) is 0 Å². The summed E-state index contributed by atoms with van der Waals surface area (Å²) in [5.74, 6) is -0.124. The maximum Gasteiger partial charge on any atom is 0.221 e. The van der Waals surface area contributed by atoms with Gasteiger partial charge in [0.15, 0.2) is 0 Å². The molecule has 0 atom stereocenters. The van der Waals surface area contributed by atoms with Crippen LogP contribution in [0.15, 0.2) is 24.3 Å². The Bertz CT molecular complexity index is 597. The lowest BCUT2D eigenvalue weighted by Crippen LogP contribution is -2.49. The van der Waals surface area contributed by atoms with Crippen LogP contribution in [-0.2, 0) is 21.4 Å². The van der Waals surface area contributed by atoms with Crippen molar-refractivity contribution < 1.29 is 13.2 Å². The summed E-state index contributed by atoms with van der Waals surface area (Å²) in [6.45, 7) is 6.07. The lowest BCUT2D eigenvalue weighted by molar-refractivity contribution is -0.114. The third-order valence-electron chi connectivity index (χ3n) is 2.67. The van der Waals surface area contributed by atoms with Crippen LogP contribution in [0.1, 0.15) is 26.3 Å². The molecule has 0 aromatic heterocycles. The summed E-state index contributed by atoms with van der Waals surface area (Å²) in [5.41, 5.74) is 1.12. The molecule has 0 saturated carbocycles. The highest BCUT2D eigenvalue weighted by molar-refractivity contribution is 7.88. The van der Waals surface area contributed by atoms with Crippen LogP contribution in [0.25, 0.3) is 0 Å². The molecule has 0 saturated heterocycles. The van der Waals surface area contributed by atoms with Gasteiger partial charge in [-0.05, 0) is 25.5 Å². The van der Waals surface area contributed by atoms with E-state index in [2.05, 4.69) is 15.4 Å². The molecule has 6 nitrogen and oxygen atoms in total. The van der Waals surface area contributed by atoms with Crippen molar-refractivity contribution in [3.63, 3.8) is 0 Å². The van der Waals surface area contributed by atoms with Crippen molar-refractivity contribution in [2.75, 3.05) is 18.1 Å². The molecule has 0 aliphatic rings. The first-order valence-corrected chi connectivity index (χ1v) is 8.53. The molecular formula is C14H23N3O3S. The van der Waals surface area contributed by atoms with Crippen LogP contribution in [0, 0.1) is 0 Å². The van der Waals surface area contributed by atoms with E-state index >= 15 is 0 Å². The van der Waals surface area contributed by atoms with Crippen molar-refractivity contribution in [3.8, 4) is 0 Å². The highest BCUT2D eigenvalue weighted by Crippen LogP contribution is 2.15. The highest BCUT2D eigenvalue weighted by Gasteiger charge is 2.21. The molecule has 118 valence electrons. The Morgan fingerprint density at radius 1 is 1.24 bits per heavy atom. The van der Waals surface area contributed by atoms with Crippen molar-refractivity contribution in [2.45, 2.75) is 32.9 Å². The molecule has 0 bridgehead atoms. The summed E-state index contributed by atoms with van der Waals surface area (Å²) in [6.07, 6.45) is 1.14. The van der Waals surface area contributed by atoms with Crippen molar-refractivity contribution >= 4 is 21.6 Å². The second-order valence-electron chi connectivity index (χ2n) is 5.70. The summed E-state index contributed by atoms with van der Waals surface area (Å²) in [4.78, 5) is 11.1. The highest BCUT2D eigenvalue weighted by atomic mass is 32.2. The minimum atomic E-state index is -3.25. The van der Waals surface area contributed by atoms with Gasteiger partial charge in [-0.15, -0.1) is 0 Å².